The van der Waals surface area contributed by atoms with Gasteiger partial charge in [-0.05, 0) is 66.7 Å². The Bertz CT molecular complexity index is 1470. The highest BCUT2D eigenvalue weighted by Gasteiger charge is 2.17. The fourth-order valence-corrected chi connectivity index (χ4v) is 2.92. The molecule has 0 saturated carbocycles. The van der Waals surface area contributed by atoms with Gasteiger partial charge in [0.2, 0.25) is 5.88 Å². The van der Waals surface area contributed by atoms with E-state index in [0.717, 1.165) is 18.2 Å². The van der Waals surface area contributed by atoms with Crippen molar-refractivity contribution in [2.75, 3.05) is 5.32 Å². The molecule has 0 aliphatic heterocycles. The van der Waals surface area contributed by atoms with Crippen LogP contribution in [-0.4, -0.2) is 15.3 Å². The Balaban J connectivity index is 1.78. The lowest BCUT2D eigenvalue weighted by Crippen LogP contribution is -2.20. The molecule has 2 heterocycles. The number of ether oxygens (including phenoxy) is 1. The normalized spacial score (nSPS) is 11.1. The summed E-state index contributed by atoms with van der Waals surface area (Å²) in [6.07, 6.45) is 2.54. The number of carbonyl (C=O) groups is 1. The van der Waals surface area contributed by atoms with Crippen LogP contribution < -0.4 is 15.6 Å². The Hall–Kier alpha value is -4.84. The van der Waals surface area contributed by atoms with E-state index in [-0.39, 0.29) is 28.5 Å². The molecule has 2 aromatic heterocycles. The van der Waals surface area contributed by atoms with Crippen LogP contribution in [0.5, 0.6) is 11.6 Å². The van der Waals surface area contributed by atoms with Gasteiger partial charge in [0.25, 0.3) is 11.5 Å². The number of hydrogen-bond acceptors (Lipinski definition) is 5. The van der Waals surface area contributed by atoms with Gasteiger partial charge in [-0.25, -0.2) is 8.78 Å². The smallest absolute Gasteiger partial charge is 0.269 e. The predicted octanol–water partition coefficient (Wildman–Crippen LogP) is 4.31. The predicted molar refractivity (Wildman–Crippen MR) is 117 cm³/mol. The van der Waals surface area contributed by atoms with Gasteiger partial charge in [0.1, 0.15) is 40.2 Å². The van der Waals surface area contributed by atoms with Crippen molar-refractivity contribution >= 4 is 23.3 Å². The number of halogens is 2. The van der Waals surface area contributed by atoms with Crippen LogP contribution in [0.1, 0.15) is 5.56 Å². The molecule has 0 aliphatic carbocycles. The molecule has 0 bridgehead atoms. The zero-order valence-electron chi connectivity index (χ0n) is 16.8. The highest BCUT2D eigenvalue weighted by atomic mass is 19.1. The molecule has 1 N–H and O–H groups in total. The molecule has 0 saturated heterocycles. The van der Waals surface area contributed by atoms with E-state index in [9.17, 15) is 23.6 Å². The van der Waals surface area contributed by atoms with E-state index in [4.69, 9.17) is 4.74 Å². The minimum Gasteiger partial charge on any atom is -0.438 e. The van der Waals surface area contributed by atoms with Gasteiger partial charge in [-0.2, -0.15) is 10.2 Å². The maximum Gasteiger partial charge on any atom is 0.269 e. The summed E-state index contributed by atoms with van der Waals surface area (Å²) in [6.45, 7) is 0. The lowest BCUT2D eigenvalue weighted by Gasteiger charge is -2.10. The van der Waals surface area contributed by atoms with Gasteiger partial charge in [-0.1, -0.05) is 6.07 Å². The average molecular weight is 444 g/mol. The Morgan fingerprint density at radius 1 is 1.03 bits per heavy atom. The van der Waals surface area contributed by atoms with Crippen LogP contribution in [0.3, 0.4) is 0 Å². The number of amides is 1. The number of rotatable bonds is 5. The van der Waals surface area contributed by atoms with Gasteiger partial charge in [-0.3, -0.25) is 14.0 Å². The summed E-state index contributed by atoms with van der Waals surface area (Å²) >= 11 is 0. The molecule has 4 aromatic rings. The summed E-state index contributed by atoms with van der Waals surface area (Å²) in [5.74, 6) is -1.73. The van der Waals surface area contributed by atoms with E-state index >= 15 is 0 Å². The van der Waals surface area contributed by atoms with Gasteiger partial charge in [0.05, 0.1) is 0 Å². The number of carbonyl (C=O) groups excluding carboxylic acids is 1. The molecule has 7 nitrogen and oxygen atoms in total. The summed E-state index contributed by atoms with van der Waals surface area (Å²) < 4.78 is 33.3. The molecule has 1 amide bonds. The van der Waals surface area contributed by atoms with Crippen LogP contribution in [0.2, 0.25) is 0 Å². The number of pyridine rings is 1. The summed E-state index contributed by atoms with van der Waals surface area (Å²) in [7, 11) is 0. The Labute approximate surface area is 185 Å². The van der Waals surface area contributed by atoms with Crippen LogP contribution in [-0.2, 0) is 4.79 Å². The van der Waals surface area contributed by atoms with Crippen LogP contribution in [0.15, 0.2) is 83.3 Å². The van der Waals surface area contributed by atoms with Crippen molar-refractivity contribution in [2.45, 2.75) is 0 Å². The van der Waals surface area contributed by atoms with Crippen LogP contribution in [0, 0.1) is 23.0 Å². The first-order valence-corrected chi connectivity index (χ1v) is 9.58. The lowest BCUT2D eigenvalue weighted by molar-refractivity contribution is -0.112. The molecule has 33 heavy (non-hydrogen) atoms. The largest absolute Gasteiger partial charge is 0.438 e. The minimum atomic E-state index is -0.811. The highest BCUT2D eigenvalue weighted by molar-refractivity contribution is 6.09. The van der Waals surface area contributed by atoms with Crippen molar-refractivity contribution in [1.29, 1.82) is 5.26 Å². The van der Waals surface area contributed by atoms with Crippen molar-refractivity contribution in [2.24, 2.45) is 0 Å². The van der Waals surface area contributed by atoms with E-state index in [0.29, 0.717) is 0 Å². The lowest BCUT2D eigenvalue weighted by atomic mass is 10.1. The van der Waals surface area contributed by atoms with Crippen molar-refractivity contribution in [3.63, 3.8) is 0 Å². The number of nitriles is 1. The van der Waals surface area contributed by atoms with Crippen LogP contribution in [0.4, 0.5) is 14.5 Å². The molecule has 0 atom stereocenters. The molecule has 0 fully saturated rings. The number of hydrogen-bond donors (Lipinski definition) is 1. The third-order valence-corrected chi connectivity index (χ3v) is 4.52. The number of anilines is 1. The Morgan fingerprint density at radius 3 is 2.36 bits per heavy atom. The average Bonchev–Trinajstić information content (AvgIpc) is 2.82. The standard InChI is InChI=1S/C24H14F2N4O3/c25-16-4-8-18(9-5-16)28-22(31)15(14-27)13-20-23(33-19-10-6-17(26)7-11-19)29-21-3-1-2-12-30(21)24(20)32/h1-13H,(H,28,31)/b15-13-. The maximum absolute atomic E-state index is 13.2. The second kappa shape index (κ2) is 9.11. The number of aromatic nitrogens is 2. The second-order valence-corrected chi connectivity index (χ2v) is 6.75. The molecule has 4 rings (SSSR count). The highest BCUT2D eigenvalue weighted by Crippen LogP contribution is 2.24. The molecular formula is C24H14F2N4O3. The monoisotopic (exact) mass is 444 g/mol. The molecule has 162 valence electrons. The van der Waals surface area contributed by atoms with Crippen LogP contribution in [0.25, 0.3) is 11.7 Å². The summed E-state index contributed by atoms with van der Waals surface area (Å²) in [5, 5.41) is 12.0. The SMILES string of the molecule is N#C/C(=C/c1c(Oc2ccc(F)cc2)nc2ccccn2c1=O)C(=O)Nc1ccc(F)cc1. The van der Waals surface area contributed by atoms with Gasteiger partial charge in [0.15, 0.2) is 0 Å². The molecule has 2 aromatic carbocycles. The van der Waals surface area contributed by atoms with E-state index < -0.39 is 28.7 Å². The summed E-state index contributed by atoms with van der Waals surface area (Å²) in [6, 6.07) is 16.7. The number of nitrogens with one attached hydrogen (secondary N) is 1. The second-order valence-electron chi connectivity index (χ2n) is 6.75. The maximum atomic E-state index is 13.2. The third kappa shape index (κ3) is 4.75. The van der Waals surface area contributed by atoms with Gasteiger partial charge >= 0.3 is 0 Å². The number of nitrogens with zero attached hydrogens (tertiary/aromatic N) is 3. The first-order chi connectivity index (χ1) is 15.9. The third-order valence-electron chi connectivity index (χ3n) is 4.52. The molecular weight excluding hydrogens is 430 g/mol. The van der Waals surface area contributed by atoms with Crippen LogP contribution >= 0.6 is 0 Å². The fourth-order valence-electron chi connectivity index (χ4n) is 2.92. The van der Waals surface area contributed by atoms with E-state index in [2.05, 4.69) is 10.3 Å². The van der Waals surface area contributed by atoms with Gasteiger partial charge in [0, 0.05) is 11.9 Å². The van der Waals surface area contributed by atoms with E-state index in [1.807, 2.05) is 0 Å². The number of benzene rings is 2. The summed E-state index contributed by atoms with van der Waals surface area (Å²) in [4.78, 5) is 30.0. The fraction of sp³-hybridized carbons (Fsp3) is 0. The Morgan fingerprint density at radius 2 is 1.70 bits per heavy atom. The molecule has 0 unspecified atom stereocenters. The first-order valence-electron chi connectivity index (χ1n) is 9.58. The van der Waals surface area contributed by atoms with Crippen molar-refractivity contribution in [1.82, 2.24) is 9.38 Å². The minimum absolute atomic E-state index is 0.158. The van der Waals surface area contributed by atoms with Gasteiger partial charge in [-0.15, -0.1) is 0 Å². The Kier molecular flexibility index (Phi) is 5.91. The molecule has 0 aliphatic rings. The molecule has 9 heteroatoms. The first kappa shape index (κ1) is 21.4. The molecule has 0 spiro atoms. The van der Waals surface area contributed by atoms with Crippen molar-refractivity contribution in [3.8, 4) is 17.7 Å². The number of fused-ring (bicyclic) bond motifs is 1. The zero-order valence-corrected chi connectivity index (χ0v) is 16.8. The van der Waals surface area contributed by atoms with Crippen molar-refractivity contribution < 1.29 is 18.3 Å². The van der Waals surface area contributed by atoms with E-state index in [1.165, 1.54) is 47.0 Å². The van der Waals surface area contributed by atoms with Crippen molar-refractivity contribution in [3.05, 3.63) is 106 Å². The zero-order chi connectivity index (χ0) is 23.4. The molecule has 0 radical (unpaired) electrons. The van der Waals surface area contributed by atoms with E-state index in [1.54, 1.807) is 24.3 Å². The topological polar surface area (TPSA) is 96.5 Å². The van der Waals surface area contributed by atoms with Gasteiger partial charge < -0.3 is 10.1 Å². The quantitative estimate of drug-likeness (QED) is 0.366. The summed E-state index contributed by atoms with van der Waals surface area (Å²) in [5.41, 5.74) is -0.614.